The normalized spacial score (nSPS) is 10.6. The van der Waals surface area contributed by atoms with Crippen LogP contribution in [0.4, 0.5) is 5.69 Å². The second kappa shape index (κ2) is 10.2. The third-order valence-corrected chi connectivity index (χ3v) is 4.48. The Kier molecular flexibility index (Phi) is 7.99. The molecule has 0 unspecified atom stereocenters. The molecule has 144 valence electrons. The summed E-state index contributed by atoms with van der Waals surface area (Å²) in [5, 5.41) is 19.0. The smallest absolute Gasteiger partial charge is 0.488 e. The monoisotopic (exact) mass is 438 g/mol. The maximum absolute atomic E-state index is 9.49. The lowest BCUT2D eigenvalue weighted by Gasteiger charge is -2.11. The molecule has 3 aromatic rings. The van der Waals surface area contributed by atoms with Crippen molar-refractivity contribution >= 4 is 30.4 Å². The van der Waals surface area contributed by atoms with Crippen LogP contribution >= 0.6 is 0 Å². The van der Waals surface area contributed by atoms with Crippen molar-refractivity contribution in [2.45, 2.75) is 6.54 Å². The molecule has 0 amide bonds. The van der Waals surface area contributed by atoms with Crippen LogP contribution in [-0.4, -0.2) is 31.3 Å². The number of rotatable bonds is 6. The SMILES string of the molecule is CN(C)c1ccc(C=Cc2cc[n+](Cc3ccccc3B(O)O)cc2)cc1.[Br-]. The fourth-order valence-electron chi connectivity index (χ4n) is 2.89. The first-order chi connectivity index (χ1) is 13.0. The highest BCUT2D eigenvalue weighted by molar-refractivity contribution is 6.59. The molecule has 0 spiro atoms. The molecule has 0 aliphatic rings. The molecule has 6 heteroatoms. The van der Waals surface area contributed by atoms with E-state index in [0.717, 1.165) is 16.7 Å². The number of halogens is 1. The zero-order valence-corrected chi connectivity index (χ0v) is 17.6. The van der Waals surface area contributed by atoms with E-state index in [1.165, 1.54) is 5.69 Å². The second-order valence-corrected chi connectivity index (χ2v) is 6.70. The largest absolute Gasteiger partial charge is 1.00 e. The van der Waals surface area contributed by atoms with Gasteiger partial charge < -0.3 is 31.9 Å². The topological polar surface area (TPSA) is 47.6 Å². The van der Waals surface area contributed by atoms with Gasteiger partial charge >= 0.3 is 7.12 Å². The first-order valence-electron chi connectivity index (χ1n) is 8.91. The minimum absolute atomic E-state index is 0. The Bertz CT molecular complexity index is 911. The van der Waals surface area contributed by atoms with Crippen molar-refractivity contribution in [1.29, 1.82) is 0 Å². The molecule has 2 N–H and O–H groups in total. The first kappa shape index (κ1) is 21.9. The lowest BCUT2D eigenvalue weighted by molar-refractivity contribution is -0.688. The summed E-state index contributed by atoms with van der Waals surface area (Å²) in [7, 11) is 2.61. The molecular formula is C22H24BBrN2O2. The molecule has 2 aromatic carbocycles. The molecule has 1 aromatic heterocycles. The summed E-state index contributed by atoms with van der Waals surface area (Å²) in [5.41, 5.74) is 4.87. The van der Waals surface area contributed by atoms with Crippen LogP contribution in [-0.2, 0) is 6.54 Å². The van der Waals surface area contributed by atoms with Gasteiger partial charge in [0.05, 0.1) is 0 Å². The minimum atomic E-state index is -1.46. The molecular weight excluding hydrogens is 415 g/mol. The van der Waals surface area contributed by atoms with Crippen molar-refractivity contribution in [2.24, 2.45) is 0 Å². The van der Waals surface area contributed by atoms with Crippen LogP contribution < -0.4 is 31.9 Å². The number of benzene rings is 2. The van der Waals surface area contributed by atoms with E-state index in [0.29, 0.717) is 12.0 Å². The van der Waals surface area contributed by atoms with Crippen molar-refractivity contribution in [2.75, 3.05) is 19.0 Å². The Balaban J connectivity index is 0.00000280. The zero-order chi connectivity index (χ0) is 19.2. The van der Waals surface area contributed by atoms with Gasteiger partial charge in [-0.05, 0) is 28.7 Å². The van der Waals surface area contributed by atoms with E-state index in [9.17, 15) is 10.0 Å². The highest BCUT2D eigenvalue weighted by atomic mass is 79.9. The summed E-state index contributed by atoms with van der Waals surface area (Å²) in [4.78, 5) is 2.08. The van der Waals surface area contributed by atoms with E-state index in [2.05, 4.69) is 41.3 Å². The van der Waals surface area contributed by atoms with E-state index in [1.54, 1.807) is 6.07 Å². The van der Waals surface area contributed by atoms with Gasteiger partial charge in [-0.15, -0.1) is 0 Å². The molecule has 0 fully saturated rings. The van der Waals surface area contributed by atoms with E-state index in [-0.39, 0.29) is 17.0 Å². The molecule has 0 aliphatic carbocycles. The van der Waals surface area contributed by atoms with E-state index in [1.807, 2.05) is 61.4 Å². The predicted octanol–water partition coefficient (Wildman–Crippen LogP) is -1.06. The Morgan fingerprint density at radius 2 is 1.43 bits per heavy atom. The molecule has 3 rings (SSSR count). The first-order valence-corrected chi connectivity index (χ1v) is 8.91. The molecule has 0 bridgehead atoms. The molecule has 0 saturated heterocycles. The van der Waals surface area contributed by atoms with E-state index >= 15 is 0 Å². The van der Waals surface area contributed by atoms with Gasteiger partial charge in [-0.3, -0.25) is 0 Å². The summed E-state index contributed by atoms with van der Waals surface area (Å²) in [5.74, 6) is 0. The summed E-state index contributed by atoms with van der Waals surface area (Å²) < 4.78 is 2.02. The quantitative estimate of drug-likeness (QED) is 0.381. The Labute approximate surface area is 177 Å². The van der Waals surface area contributed by atoms with E-state index in [4.69, 9.17) is 0 Å². The Morgan fingerprint density at radius 3 is 2.00 bits per heavy atom. The Hall–Kier alpha value is -2.41. The molecule has 0 aliphatic heterocycles. The average Bonchev–Trinajstić information content (AvgIpc) is 2.68. The van der Waals surface area contributed by atoms with Crippen molar-refractivity contribution in [3.05, 3.63) is 89.7 Å². The highest BCUT2D eigenvalue weighted by Crippen LogP contribution is 2.14. The lowest BCUT2D eigenvalue weighted by Crippen LogP contribution is -3.00. The predicted molar refractivity (Wildman–Crippen MR) is 112 cm³/mol. The number of nitrogens with zero attached hydrogens (tertiary/aromatic N) is 2. The number of hydrogen-bond donors (Lipinski definition) is 2. The van der Waals surface area contributed by atoms with Gasteiger partial charge in [-0.2, -0.15) is 0 Å². The van der Waals surface area contributed by atoms with Crippen LogP contribution in [0.15, 0.2) is 73.1 Å². The summed E-state index contributed by atoms with van der Waals surface area (Å²) in [6.07, 6.45) is 8.17. The highest BCUT2D eigenvalue weighted by Gasteiger charge is 2.17. The lowest BCUT2D eigenvalue weighted by atomic mass is 9.77. The summed E-state index contributed by atoms with van der Waals surface area (Å²) in [6, 6.07) is 19.9. The van der Waals surface area contributed by atoms with Gasteiger partial charge in [0.2, 0.25) is 0 Å². The van der Waals surface area contributed by atoms with Crippen LogP contribution in [0.3, 0.4) is 0 Å². The number of anilines is 1. The Morgan fingerprint density at radius 1 is 0.857 bits per heavy atom. The van der Waals surface area contributed by atoms with Crippen LogP contribution in [0.5, 0.6) is 0 Å². The minimum Gasteiger partial charge on any atom is -1.00 e. The number of pyridine rings is 1. The van der Waals surface area contributed by atoms with Crippen molar-refractivity contribution in [3.63, 3.8) is 0 Å². The number of hydrogen-bond acceptors (Lipinski definition) is 3. The molecule has 28 heavy (non-hydrogen) atoms. The van der Waals surface area contributed by atoms with Crippen molar-refractivity contribution in [3.8, 4) is 0 Å². The third kappa shape index (κ3) is 5.79. The maximum atomic E-state index is 9.49. The summed E-state index contributed by atoms with van der Waals surface area (Å²) >= 11 is 0. The van der Waals surface area contributed by atoms with Gasteiger partial charge in [0, 0.05) is 37.5 Å². The van der Waals surface area contributed by atoms with Crippen LogP contribution in [0, 0.1) is 0 Å². The average molecular weight is 439 g/mol. The van der Waals surface area contributed by atoms with Gasteiger partial charge in [0.15, 0.2) is 18.9 Å². The molecule has 4 nitrogen and oxygen atoms in total. The molecule has 0 atom stereocenters. The number of aromatic nitrogens is 1. The zero-order valence-electron chi connectivity index (χ0n) is 16.0. The molecule has 0 radical (unpaired) electrons. The van der Waals surface area contributed by atoms with Crippen LogP contribution in [0.1, 0.15) is 16.7 Å². The molecule has 0 saturated carbocycles. The van der Waals surface area contributed by atoms with Crippen LogP contribution in [0.25, 0.3) is 12.2 Å². The third-order valence-electron chi connectivity index (χ3n) is 4.48. The van der Waals surface area contributed by atoms with Gasteiger partial charge in [0.25, 0.3) is 0 Å². The van der Waals surface area contributed by atoms with Gasteiger partial charge in [-0.1, -0.05) is 48.6 Å². The van der Waals surface area contributed by atoms with E-state index < -0.39 is 7.12 Å². The van der Waals surface area contributed by atoms with Crippen LogP contribution in [0.2, 0.25) is 0 Å². The van der Waals surface area contributed by atoms with Crippen molar-refractivity contribution < 1.29 is 31.6 Å². The van der Waals surface area contributed by atoms with Gasteiger partial charge in [0.1, 0.15) is 0 Å². The fraction of sp³-hybridized carbons (Fsp3) is 0.136. The van der Waals surface area contributed by atoms with Crippen molar-refractivity contribution in [1.82, 2.24) is 0 Å². The molecule has 1 heterocycles. The van der Waals surface area contributed by atoms with Gasteiger partial charge in [-0.25, -0.2) is 4.57 Å². The fourth-order valence-corrected chi connectivity index (χ4v) is 2.89. The second-order valence-electron chi connectivity index (χ2n) is 6.70. The maximum Gasteiger partial charge on any atom is 0.488 e. The standard InChI is InChI=1S/C22H24BN2O2.BrH/c1-24(2)21-11-9-18(10-12-21)7-8-19-13-15-25(16-14-19)17-20-5-3-4-6-22(20)23(26)27;/h3-16,26-27H,17H2,1-2H3;1H/q+1;/p-1. The summed E-state index contributed by atoms with van der Waals surface area (Å²) in [6.45, 7) is 0.587.